The Morgan fingerprint density at radius 3 is 2.14 bits per heavy atom. The molecule has 0 saturated heterocycles. The third kappa shape index (κ3) is 6.38. The Labute approximate surface area is 170 Å². The summed E-state index contributed by atoms with van der Waals surface area (Å²) in [5, 5.41) is 6.83. The fraction of sp³-hybridized carbons (Fsp3) is 0.857. The van der Waals surface area contributed by atoms with Gasteiger partial charge in [-0.2, -0.15) is 0 Å². The number of aliphatic imine (C=N–C) groups is 1. The third-order valence-corrected chi connectivity index (χ3v) is 6.17. The number of nitrogens with one attached hydrogen (secondary N) is 2. The third-order valence-electron chi connectivity index (χ3n) is 6.17. The Kier molecular flexibility index (Phi) is 8.58. The van der Waals surface area contributed by atoms with Crippen molar-refractivity contribution >= 4 is 17.8 Å². The van der Waals surface area contributed by atoms with E-state index in [1.807, 2.05) is 14.1 Å². The number of likely N-dealkylation sites (N-methyl/N-ethyl adjacent to an activating group) is 1. The van der Waals surface area contributed by atoms with Crippen molar-refractivity contribution in [3.8, 4) is 0 Å². The van der Waals surface area contributed by atoms with Gasteiger partial charge in [0.2, 0.25) is 11.8 Å². The van der Waals surface area contributed by atoms with Crippen molar-refractivity contribution < 1.29 is 9.59 Å². The van der Waals surface area contributed by atoms with Gasteiger partial charge in [0.15, 0.2) is 5.96 Å². The Morgan fingerprint density at radius 2 is 1.57 bits per heavy atom. The zero-order valence-corrected chi connectivity index (χ0v) is 18.2. The zero-order chi connectivity index (χ0) is 20.6. The van der Waals surface area contributed by atoms with E-state index >= 15 is 0 Å². The van der Waals surface area contributed by atoms with Crippen LogP contribution in [0.4, 0.5) is 0 Å². The lowest BCUT2D eigenvalue weighted by atomic mass is 9.84. The molecule has 160 valence electrons. The van der Waals surface area contributed by atoms with Crippen LogP contribution in [0, 0.1) is 11.3 Å². The monoisotopic (exact) mass is 393 g/mol. The lowest BCUT2D eigenvalue weighted by molar-refractivity contribution is -0.138. The molecule has 0 aromatic carbocycles. The number of hydrogen-bond donors (Lipinski definition) is 2. The van der Waals surface area contributed by atoms with Crippen LogP contribution in [-0.4, -0.2) is 75.4 Å². The Hall–Kier alpha value is -1.79. The van der Waals surface area contributed by atoms with E-state index in [1.165, 1.54) is 32.1 Å². The summed E-state index contributed by atoms with van der Waals surface area (Å²) >= 11 is 0. The molecule has 2 aliphatic carbocycles. The minimum Gasteiger partial charge on any atom is -0.356 e. The van der Waals surface area contributed by atoms with Crippen LogP contribution in [0.2, 0.25) is 0 Å². The van der Waals surface area contributed by atoms with Crippen molar-refractivity contribution in [2.75, 3.05) is 47.8 Å². The van der Waals surface area contributed by atoms with Crippen molar-refractivity contribution in [2.24, 2.45) is 16.3 Å². The Bertz CT molecular complexity index is 547. The van der Waals surface area contributed by atoms with Gasteiger partial charge in [-0.1, -0.05) is 32.1 Å². The van der Waals surface area contributed by atoms with Crippen LogP contribution in [0.3, 0.4) is 0 Å². The summed E-state index contributed by atoms with van der Waals surface area (Å²) in [5.41, 5.74) is -0.359. The molecule has 2 amide bonds. The first-order chi connectivity index (χ1) is 13.3. The molecular formula is C21H39N5O2. The molecule has 0 aromatic heterocycles. The Balaban J connectivity index is 2.01. The first-order valence-electron chi connectivity index (χ1n) is 10.8. The highest BCUT2D eigenvalue weighted by atomic mass is 16.2. The molecule has 2 fully saturated rings. The quantitative estimate of drug-likeness (QED) is 0.511. The van der Waals surface area contributed by atoms with E-state index in [0.29, 0.717) is 18.4 Å². The van der Waals surface area contributed by atoms with Crippen LogP contribution in [0.25, 0.3) is 0 Å². The molecule has 0 spiro atoms. The molecule has 0 atom stereocenters. The molecule has 2 saturated carbocycles. The number of carbonyl (C=O) groups is 2. The highest BCUT2D eigenvalue weighted by molar-refractivity contribution is 5.86. The van der Waals surface area contributed by atoms with E-state index in [0.717, 1.165) is 32.2 Å². The summed E-state index contributed by atoms with van der Waals surface area (Å²) in [6.07, 6.45) is 10.4. The van der Waals surface area contributed by atoms with Crippen LogP contribution in [0.15, 0.2) is 4.99 Å². The van der Waals surface area contributed by atoms with Gasteiger partial charge in [-0.25, -0.2) is 4.99 Å². The predicted octanol–water partition coefficient (Wildman–Crippen LogP) is 1.84. The van der Waals surface area contributed by atoms with Crippen molar-refractivity contribution in [3.63, 3.8) is 0 Å². The smallest absolute Gasteiger partial charge is 0.243 e. The maximum absolute atomic E-state index is 12.8. The maximum Gasteiger partial charge on any atom is 0.243 e. The first-order valence-corrected chi connectivity index (χ1v) is 10.8. The first kappa shape index (κ1) is 22.5. The van der Waals surface area contributed by atoms with Crippen molar-refractivity contribution in [3.05, 3.63) is 0 Å². The number of amides is 2. The van der Waals surface area contributed by atoms with Crippen LogP contribution >= 0.6 is 0 Å². The topological polar surface area (TPSA) is 77.0 Å². The van der Waals surface area contributed by atoms with E-state index in [-0.39, 0.29) is 23.8 Å². The van der Waals surface area contributed by atoms with Crippen molar-refractivity contribution in [1.82, 2.24) is 20.4 Å². The van der Waals surface area contributed by atoms with Gasteiger partial charge < -0.3 is 20.4 Å². The van der Waals surface area contributed by atoms with Gasteiger partial charge in [0.05, 0.1) is 5.41 Å². The highest BCUT2D eigenvalue weighted by Crippen LogP contribution is 2.38. The molecule has 0 bridgehead atoms. The summed E-state index contributed by atoms with van der Waals surface area (Å²) < 4.78 is 0. The molecule has 0 unspecified atom stereocenters. The molecule has 28 heavy (non-hydrogen) atoms. The fourth-order valence-electron chi connectivity index (χ4n) is 4.34. The van der Waals surface area contributed by atoms with E-state index in [4.69, 9.17) is 0 Å². The lowest BCUT2D eigenvalue weighted by Crippen LogP contribution is -2.50. The molecule has 7 nitrogen and oxygen atoms in total. The molecule has 2 rings (SSSR count). The number of rotatable bonds is 7. The highest BCUT2D eigenvalue weighted by Gasteiger charge is 2.42. The van der Waals surface area contributed by atoms with Gasteiger partial charge in [-0.05, 0) is 31.6 Å². The van der Waals surface area contributed by atoms with Gasteiger partial charge in [0, 0.05) is 41.3 Å². The second-order valence-corrected chi connectivity index (χ2v) is 8.88. The molecule has 0 aliphatic heterocycles. The van der Waals surface area contributed by atoms with Gasteiger partial charge >= 0.3 is 0 Å². The van der Waals surface area contributed by atoms with Crippen LogP contribution in [0.5, 0.6) is 0 Å². The minimum absolute atomic E-state index is 0.0290. The molecule has 0 heterocycles. The summed E-state index contributed by atoms with van der Waals surface area (Å²) in [6, 6.07) is 0. The van der Waals surface area contributed by atoms with Gasteiger partial charge in [0.1, 0.15) is 6.54 Å². The number of hydrogen-bond acceptors (Lipinski definition) is 3. The van der Waals surface area contributed by atoms with E-state index in [9.17, 15) is 9.59 Å². The minimum atomic E-state index is -0.359. The second kappa shape index (κ2) is 10.7. The lowest BCUT2D eigenvalue weighted by Gasteiger charge is -2.32. The Morgan fingerprint density at radius 1 is 0.929 bits per heavy atom. The number of guanidine groups is 1. The summed E-state index contributed by atoms with van der Waals surface area (Å²) in [4.78, 5) is 32.5. The predicted molar refractivity (Wildman–Crippen MR) is 113 cm³/mol. The molecule has 2 aliphatic rings. The summed E-state index contributed by atoms with van der Waals surface area (Å²) in [6.45, 7) is 1.55. The van der Waals surface area contributed by atoms with Crippen molar-refractivity contribution in [1.29, 1.82) is 0 Å². The number of nitrogens with zero attached hydrogens (tertiary/aromatic N) is 3. The molecule has 0 aromatic rings. The van der Waals surface area contributed by atoms with E-state index in [2.05, 4.69) is 15.6 Å². The molecule has 7 heteroatoms. The van der Waals surface area contributed by atoms with Crippen LogP contribution < -0.4 is 10.6 Å². The van der Waals surface area contributed by atoms with Crippen LogP contribution in [0.1, 0.15) is 57.8 Å². The standard InChI is InChI=1S/C21H39N5O2/c1-25(2)18(27)15-23-20(22-14-17-10-6-5-7-11-17)24-16-21(12-8-9-13-21)19(28)26(3)4/h17H,5-16H2,1-4H3,(H2,22,23,24). The SMILES string of the molecule is CN(C)C(=O)CN=C(NCC1CCCCC1)NCC1(C(=O)N(C)C)CCCC1. The second-order valence-electron chi connectivity index (χ2n) is 8.88. The molecular weight excluding hydrogens is 354 g/mol. The van der Waals surface area contributed by atoms with E-state index in [1.54, 1.807) is 23.9 Å². The molecule has 2 N–H and O–H groups in total. The van der Waals surface area contributed by atoms with Gasteiger partial charge in [-0.15, -0.1) is 0 Å². The average molecular weight is 394 g/mol. The largest absolute Gasteiger partial charge is 0.356 e. The van der Waals surface area contributed by atoms with Gasteiger partial charge in [0.25, 0.3) is 0 Å². The maximum atomic E-state index is 12.8. The summed E-state index contributed by atoms with van der Waals surface area (Å²) in [5.74, 6) is 1.47. The zero-order valence-electron chi connectivity index (χ0n) is 18.2. The average Bonchev–Trinajstić information content (AvgIpc) is 3.17. The fourth-order valence-corrected chi connectivity index (χ4v) is 4.34. The van der Waals surface area contributed by atoms with Crippen LogP contribution in [-0.2, 0) is 9.59 Å². The molecule has 0 radical (unpaired) electrons. The van der Waals surface area contributed by atoms with Crippen molar-refractivity contribution in [2.45, 2.75) is 57.8 Å². The normalized spacial score (nSPS) is 19.9. The number of carbonyl (C=O) groups excluding carboxylic acids is 2. The summed E-state index contributed by atoms with van der Waals surface area (Å²) in [7, 11) is 7.14. The van der Waals surface area contributed by atoms with Gasteiger partial charge in [-0.3, -0.25) is 9.59 Å². The van der Waals surface area contributed by atoms with E-state index < -0.39 is 0 Å².